The van der Waals surface area contributed by atoms with Crippen molar-refractivity contribution in [3.05, 3.63) is 0 Å². The van der Waals surface area contributed by atoms with Gasteiger partial charge in [0.1, 0.15) is 0 Å². The Bertz CT molecular complexity index is 783. The third kappa shape index (κ3) is 4.55. The Morgan fingerprint density at radius 3 is 2.52 bits per heavy atom. The van der Waals surface area contributed by atoms with Gasteiger partial charge in [-0.2, -0.15) is 8.42 Å². The van der Waals surface area contributed by atoms with Gasteiger partial charge in [0, 0.05) is 6.42 Å². The highest BCUT2D eigenvalue weighted by atomic mass is 32.3. The quantitative estimate of drug-likeness (QED) is 0.516. The Morgan fingerprint density at radius 1 is 1.13 bits per heavy atom. The van der Waals surface area contributed by atoms with Gasteiger partial charge >= 0.3 is 16.4 Å². The lowest BCUT2D eigenvalue weighted by Gasteiger charge is -2.60. The zero-order valence-electron chi connectivity index (χ0n) is 18.7. The first-order valence-corrected chi connectivity index (χ1v) is 13.4. The maximum absolute atomic E-state index is 11.3. The van der Waals surface area contributed by atoms with Crippen molar-refractivity contribution in [3.8, 4) is 0 Å². The predicted molar refractivity (Wildman–Crippen MR) is 114 cm³/mol. The van der Waals surface area contributed by atoms with E-state index in [-0.39, 0.29) is 23.9 Å². The van der Waals surface area contributed by atoms with E-state index in [1.54, 1.807) is 0 Å². The molecule has 0 aromatic heterocycles. The van der Waals surface area contributed by atoms with E-state index >= 15 is 0 Å². The van der Waals surface area contributed by atoms with Gasteiger partial charge in [-0.3, -0.25) is 9.35 Å². The van der Waals surface area contributed by atoms with Crippen LogP contribution in [-0.4, -0.2) is 41.4 Å². The van der Waals surface area contributed by atoms with Crippen LogP contribution in [0.3, 0.4) is 0 Å². The average Bonchev–Trinajstić information content (AvgIpc) is 3.12. The molecule has 0 saturated heterocycles. The summed E-state index contributed by atoms with van der Waals surface area (Å²) in [6.07, 6.45) is 7.38. The van der Waals surface area contributed by atoms with Crippen molar-refractivity contribution >= 4 is 16.4 Å². The second-order valence-corrected chi connectivity index (χ2v) is 12.2. The Kier molecular flexibility index (Phi) is 6.49. The van der Waals surface area contributed by atoms with E-state index < -0.39 is 22.5 Å². The first kappa shape index (κ1) is 23.5. The minimum Gasteiger partial charge on any atom is -0.481 e. The van der Waals surface area contributed by atoms with Gasteiger partial charge in [0.25, 0.3) is 0 Å². The topological polar surface area (TPSA) is 121 Å². The third-order valence-corrected chi connectivity index (χ3v) is 10.3. The first-order chi connectivity index (χ1) is 14.5. The maximum atomic E-state index is 11.3. The second kappa shape index (κ2) is 8.58. The van der Waals surface area contributed by atoms with Gasteiger partial charge in [-0.05, 0) is 105 Å². The molecular weight excluding hydrogens is 420 g/mol. The summed E-state index contributed by atoms with van der Waals surface area (Å²) in [6, 6.07) is 0. The number of carbonyl (C=O) groups is 1. The van der Waals surface area contributed by atoms with E-state index in [1.807, 2.05) is 0 Å². The zero-order chi connectivity index (χ0) is 22.6. The molecule has 10 atom stereocenters. The Labute approximate surface area is 185 Å². The minimum absolute atomic E-state index is 0.0704. The summed E-state index contributed by atoms with van der Waals surface area (Å²) in [7, 11) is -4.43. The summed E-state index contributed by atoms with van der Waals surface area (Å²) in [5.74, 6) is 2.14. The van der Waals surface area contributed by atoms with Crippen molar-refractivity contribution in [1.82, 2.24) is 0 Å². The maximum Gasteiger partial charge on any atom is 0.397 e. The Hall–Kier alpha value is -0.700. The van der Waals surface area contributed by atoms with Crippen molar-refractivity contribution in [2.45, 2.75) is 90.3 Å². The van der Waals surface area contributed by atoms with Crippen LogP contribution in [0.5, 0.6) is 0 Å². The van der Waals surface area contributed by atoms with E-state index in [0.717, 1.165) is 38.5 Å². The molecule has 178 valence electrons. The number of aliphatic hydroxyl groups excluding tert-OH is 1. The number of carboxylic acids is 1. The first-order valence-electron chi connectivity index (χ1n) is 12.0. The molecule has 0 bridgehead atoms. The molecule has 4 aliphatic carbocycles. The summed E-state index contributed by atoms with van der Waals surface area (Å²) in [4.78, 5) is 11.0. The number of rotatable bonds is 6. The van der Waals surface area contributed by atoms with Crippen molar-refractivity contribution in [1.29, 1.82) is 0 Å². The van der Waals surface area contributed by atoms with E-state index in [4.69, 9.17) is 13.8 Å². The van der Waals surface area contributed by atoms with E-state index in [2.05, 4.69) is 13.8 Å². The molecule has 1 unspecified atom stereocenters. The highest BCUT2D eigenvalue weighted by Gasteiger charge is 2.59. The number of hydrogen-bond acceptors (Lipinski definition) is 5. The van der Waals surface area contributed by atoms with E-state index in [0.29, 0.717) is 54.8 Å². The fourth-order valence-corrected chi connectivity index (χ4v) is 8.94. The van der Waals surface area contributed by atoms with Gasteiger partial charge in [-0.15, -0.1) is 0 Å². The molecule has 0 heterocycles. The number of fused-ring (bicyclic) bond motifs is 5. The van der Waals surface area contributed by atoms with E-state index in [1.165, 1.54) is 0 Å². The normalized spacial score (nSPS) is 45.9. The average molecular weight is 459 g/mol. The number of aliphatic carboxylic acids is 1. The Balaban J connectivity index is 1.47. The molecule has 0 aromatic carbocycles. The summed E-state index contributed by atoms with van der Waals surface area (Å²) in [5, 5.41) is 20.3. The van der Waals surface area contributed by atoms with Crippen molar-refractivity contribution in [2.24, 2.45) is 46.8 Å². The molecular formula is C23H38O7S. The molecule has 31 heavy (non-hydrogen) atoms. The van der Waals surface area contributed by atoms with Gasteiger partial charge in [0.05, 0.1) is 12.2 Å². The summed E-state index contributed by atoms with van der Waals surface area (Å²) in [5.41, 5.74) is 0.0704. The molecule has 4 rings (SSSR count). The Morgan fingerprint density at radius 2 is 1.84 bits per heavy atom. The molecule has 4 saturated carbocycles. The molecule has 0 aromatic rings. The largest absolute Gasteiger partial charge is 0.481 e. The van der Waals surface area contributed by atoms with Crippen molar-refractivity contribution in [2.75, 3.05) is 0 Å². The lowest BCUT2D eigenvalue weighted by molar-refractivity contribution is -0.141. The molecule has 0 amide bonds. The van der Waals surface area contributed by atoms with Crippen LogP contribution in [-0.2, 0) is 19.4 Å². The van der Waals surface area contributed by atoms with Crippen molar-refractivity contribution < 1.29 is 32.2 Å². The van der Waals surface area contributed by atoms with Crippen LogP contribution in [0, 0.1) is 46.8 Å². The van der Waals surface area contributed by atoms with Crippen LogP contribution in [0.2, 0.25) is 0 Å². The molecule has 8 heteroatoms. The van der Waals surface area contributed by atoms with Gasteiger partial charge < -0.3 is 10.2 Å². The molecule has 4 fully saturated rings. The standard InChI is InChI=1S/C23H38O7S/c1-13(3-8-21(25)26)16-6-7-18-17-5-4-14-11-15(30-31(27,28)29)9-10-23(14,2)19(17)12-20(24)22(16)18/h13-20,22,24H,3-12H2,1-2H3,(H,25,26)(H,27,28,29)/t13-,14-,15-,16-,17+,18+,19+,20+,22?,23+/m1/s1. The zero-order valence-corrected chi connectivity index (χ0v) is 19.5. The number of hydrogen-bond donors (Lipinski definition) is 3. The fraction of sp³-hybridized carbons (Fsp3) is 0.957. The number of aliphatic hydroxyl groups is 1. The highest BCUT2D eigenvalue weighted by molar-refractivity contribution is 7.80. The van der Waals surface area contributed by atoms with Gasteiger partial charge in [0.2, 0.25) is 0 Å². The molecule has 7 nitrogen and oxygen atoms in total. The van der Waals surface area contributed by atoms with Crippen molar-refractivity contribution in [3.63, 3.8) is 0 Å². The number of carboxylic acid groups (broad SMARTS) is 1. The second-order valence-electron chi connectivity index (χ2n) is 11.2. The SMILES string of the molecule is C[C@H](CCC(=O)O)[C@H]1CC[C@@H]2C1[C@@H](O)C[C@H]1[C@H]2CC[C@@H]2C[C@H](OS(=O)(=O)O)CC[C@@]21C. The fourth-order valence-electron chi connectivity index (χ4n) is 8.42. The van der Waals surface area contributed by atoms with Crippen LogP contribution in [0.25, 0.3) is 0 Å². The highest BCUT2D eigenvalue weighted by Crippen LogP contribution is 2.64. The van der Waals surface area contributed by atoms with Crippen LogP contribution < -0.4 is 0 Å². The van der Waals surface area contributed by atoms with Crippen LogP contribution >= 0.6 is 0 Å². The predicted octanol–water partition coefficient (Wildman–Crippen LogP) is 3.91. The lowest BCUT2D eigenvalue weighted by atomic mass is 9.46. The monoisotopic (exact) mass is 458 g/mol. The van der Waals surface area contributed by atoms with Gasteiger partial charge in [0.15, 0.2) is 0 Å². The molecule has 3 N–H and O–H groups in total. The summed E-state index contributed by atoms with van der Waals surface area (Å²) >= 11 is 0. The van der Waals surface area contributed by atoms with Crippen LogP contribution in [0.15, 0.2) is 0 Å². The van der Waals surface area contributed by atoms with Gasteiger partial charge in [-0.25, -0.2) is 4.18 Å². The van der Waals surface area contributed by atoms with Crippen LogP contribution in [0.4, 0.5) is 0 Å². The molecule has 0 aliphatic heterocycles. The summed E-state index contributed by atoms with van der Waals surface area (Å²) < 4.78 is 36.3. The van der Waals surface area contributed by atoms with Crippen LogP contribution in [0.1, 0.15) is 78.1 Å². The lowest BCUT2D eigenvalue weighted by Crippen LogP contribution is -2.55. The molecule has 0 radical (unpaired) electrons. The third-order valence-electron chi connectivity index (χ3n) is 9.81. The molecule has 0 spiro atoms. The minimum atomic E-state index is -4.43. The van der Waals surface area contributed by atoms with Gasteiger partial charge in [-0.1, -0.05) is 13.8 Å². The smallest absolute Gasteiger partial charge is 0.397 e. The van der Waals surface area contributed by atoms with E-state index in [9.17, 15) is 18.3 Å². The summed E-state index contributed by atoms with van der Waals surface area (Å²) in [6.45, 7) is 4.48. The molecule has 4 aliphatic rings.